The Labute approximate surface area is 186 Å². The van der Waals surface area contributed by atoms with Gasteiger partial charge < -0.3 is 11.1 Å². The fraction of sp³-hybridized carbons (Fsp3) is 0.120. The number of nitrogens with zero attached hydrogens (tertiary/aromatic N) is 4. The molecule has 0 saturated carbocycles. The van der Waals surface area contributed by atoms with Gasteiger partial charge in [-0.25, -0.2) is 4.98 Å². The molecule has 0 aliphatic heterocycles. The van der Waals surface area contributed by atoms with E-state index in [4.69, 9.17) is 5.73 Å². The van der Waals surface area contributed by atoms with E-state index in [0.29, 0.717) is 23.5 Å². The van der Waals surface area contributed by atoms with Gasteiger partial charge in [0.2, 0.25) is 0 Å². The Balaban J connectivity index is 1.56. The van der Waals surface area contributed by atoms with Crippen molar-refractivity contribution in [1.29, 1.82) is 0 Å². The van der Waals surface area contributed by atoms with Crippen LogP contribution in [0.2, 0.25) is 0 Å². The zero-order valence-electron chi connectivity index (χ0n) is 17.8. The molecule has 1 aromatic carbocycles. The van der Waals surface area contributed by atoms with E-state index in [2.05, 4.69) is 32.2 Å². The summed E-state index contributed by atoms with van der Waals surface area (Å²) < 4.78 is 1.73. The molecule has 0 saturated heterocycles. The van der Waals surface area contributed by atoms with Gasteiger partial charge in [-0.05, 0) is 48.4 Å². The molecule has 7 nitrogen and oxygen atoms in total. The summed E-state index contributed by atoms with van der Waals surface area (Å²) >= 11 is 0. The number of carbonyl (C=O) groups excluding carboxylic acids is 1. The lowest BCUT2D eigenvalue weighted by Crippen LogP contribution is -2.22. The van der Waals surface area contributed by atoms with E-state index < -0.39 is 0 Å². The zero-order valence-corrected chi connectivity index (χ0v) is 17.8. The maximum Gasteiger partial charge on any atom is 0.251 e. The Kier molecular flexibility index (Phi) is 5.95. The molecule has 32 heavy (non-hydrogen) atoms. The van der Waals surface area contributed by atoms with E-state index in [-0.39, 0.29) is 5.91 Å². The third kappa shape index (κ3) is 4.82. The van der Waals surface area contributed by atoms with E-state index in [0.717, 1.165) is 27.8 Å². The first-order chi connectivity index (χ1) is 15.5. The average molecular weight is 422 g/mol. The summed E-state index contributed by atoms with van der Waals surface area (Å²) in [6.45, 7) is 2.38. The van der Waals surface area contributed by atoms with E-state index in [9.17, 15) is 4.79 Å². The summed E-state index contributed by atoms with van der Waals surface area (Å²) in [4.78, 5) is 20.9. The van der Waals surface area contributed by atoms with Crippen LogP contribution in [-0.4, -0.2) is 25.7 Å². The second-order valence-corrected chi connectivity index (χ2v) is 7.38. The predicted molar refractivity (Wildman–Crippen MR) is 123 cm³/mol. The van der Waals surface area contributed by atoms with Gasteiger partial charge in [0.15, 0.2) is 0 Å². The molecular formula is C25H22N6O. The maximum atomic E-state index is 12.6. The quantitative estimate of drug-likeness (QED) is 0.493. The Morgan fingerprint density at radius 3 is 2.59 bits per heavy atom. The third-order valence-corrected chi connectivity index (χ3v) is 4.99. The van der Waals surface area contributed by atoms with Crippen molar-refractivity contribution < 1.29 is 4.79 Å². The first kappa shape index (κ1) is 20.8. The lowest BCUT2D eigenvalue weighted by molar-refractivity contribution is 0.0951. The second-order valence-electron chi connectivity index (χ2n) is 7.38. The number of nitrogens with two attached hydrogens (primary N) is 1. The van der Waals surface area contributed by atoms with Crippen molar-refractivity contribution in [3.63, 3.8) is 0 Å². The highest BCUT2D eigenvalue weighted by Crippen LogP contribution is 2.21. The second kappa shape index (κ2) is 9.14. The first-order valence-electron chi connectivity index (χ1n) is 10.0. The fourth-order valence-electron chi connectivity index (χ4n) is 3.12. The van der Waals surface area contributed by atoms with Crippen molar-refractivity contribution in [2.24, 2.45) is 7.05 Å². The Hall–Kier alpha value is -4.44. The average Bonchev–Trinajstić information content (AvgIpc) is 3.24. The molecule has 0 bridgehead atoms. The van der Waals surface area contributed by atoms with Gasteiger partial charge in [0, 0.05) is 60.6 Å². The molecule has 158 valence electrons. The smallest absolute Gasteiger partial charge is 0.251 e. The molecule has 3 aromatic heterocycles. The number of aromatic nitrogens is 4. The van der Waals surface area contributed by atoms with E-state index in [1.54, 1.807) is 41.6 Å². The lowest BCUT2D eigenvalue weighted by Gasteiger charge is -2.07. The van der Waals surface area contributed by atoms with Crippen LogP contribution in [0.5, 0.6) is 0 Å². The van der Waals surface area contributed by atoms with Crippen molar-refractivity contribution in [2.75, 3.05) is 5.73 Å². The van der Waals surface area contributed by atoms with Gasteiger partial charge in [-0.15, -0.1) is 0 Å². The summed E-state index contributed by atoms with van der Waals surface area (Å²) in [6, 6.07) is 11.1. The van der Waals surface area contributed by atoms with Crippen LogP contribution >= 0.6 is 0 Å². The molecule has 0 radical (unpaired) electrons. The van der Waals surface area contributed by atoms with Crippen molar-refractivity contribution in [3.05, 3.63) is 95.2 Å². The largest absolute Gasteiger partial charge is 0.383 e. The number of anilines is 1. The molecule has 3 heterocycles. The minimum absolute atomic E-state index is 0.162. The number of rotatable bonds is 4. The number of hydrogen-bond donors (Lipinski definition) is 2. The summed E-state index contributed by atoms with van der Waals surface area (Å²) in [5.74, 6) is 6.44. The Morgan fingerprint density at radius 2 is 1.84 bits per heavy atom. The SMILES string of the molecule is Cc1ccc(C(=O)NCc2ccncc2)cc1C#Cc1cc(-c2cnn(C)c2)cnc1N. The molecule has 3 N–H and O–H groups in total. The molecule has 0 fully saturated rings. The van der Waals surface area contributed by atoms with E-state index in [1.807, 2.05) is 44.4 Å². The van der Waals surface area contributed by atoms with Crippen LogP contribution in [0.1, 0.15) is 32.6 Å². The number of nitrogens with one attached hydrogen (secondary N) is 1. The first-order valence-corrected chi connectivity index (χ1v) is 10.0. The number of amides is 1. The van der Waals surface area contributed by atoms with Crippen molar-refractivity contribution in [3.8, 4) is 23.0 Å². The van der Waals surface area contributed by atoms with Crippen molar-refractivity contribution in [2.45, 2.75) is 13.5 Å². The van der Waals surface area contributed by atoms with Gasteiger partial charge in [-0.2, -0.15) is 5.10 Å². The number of nitrogen functional groups attached to an aromatic ring is 1. The molecule has 4 rings (SSSR count). The third-order valence-electron chi connectivity index (χ3n) is 4.99. The topological polar surface area (TPSA) is 98.7 Å². The standard InChI is InChI=1S/C25H22N6O/c1-17-3-4-21(25(32)29-13-18-7-9-27-10-8-18)11-19(17)5-6-20-12-22(14-28-24(20)26)23-15-30-31(2)16-23/h3-4,7-12,14-16H,13H2,1-2H3,(H2,26,28)(H,29,32). The highest BCUT2D eigenvalue weighted by Gasteiger charge is 2.08. The number of hydrogen-bond acceptors (Lipinski definition) is 5. The van der Waals surface area contributed by atoms with Crippen LogP contribution in [0, 0.1) is 18.8 Å². The molecule has 0 unspecified atom stereocenters. The maximum absolute atomic E-state index is 12.6. The number of pyridine rings is 2. The lowest BCUT2D eigenvalue weighted by atomic mass is 10.0. The van der Waals surface area contributed by atoms with Crippen LogP contribution in [0.3, 0.4) is 0 Å². The monoisotopic (exact) mass is 422 g/mol. The number of aryl methyl sites for hydroxylation is 2. The molecule has 4 aromatic rings. The van der Waals surface area contributed by atoms with Crippen LogP contribution < -0.4 is 11.1 Å². The molecule has 7 heteroatoms. The van der Waals surface area contributed by atoms with Crippen molar-refractivity contribution >= 4 is 11.7 Å². The summed E-state index contributed by atoms with van der Waals surface area (Å²) in [6.07, 6.45) is 8.78. The highest BCUT2D eigenvalue weighted by atomic mass is 16.1. The Bertz CT molecular complexity index is 1330. The van der Waals surface area contributed by atoms with Crippen LogP contribution in [0.25, 0.3) is 11.1 Å². The van der Waals surface area contributed by atoms with Gasteiger partial charge >= 0.3 is 0 Å². The summed E-state index contributed by atoms with van der Waals surface area (Å²) in [5.41, 5.74) is 11.7. The van der Waals surface area contributed by atoms with Crippen molar-refractivity contribution in [1.82, 2.24) is 25.1 Å². The van der Waals surface area contributed by atoms with Crippen LogP contribution in [0.15, 0.2) is 67.4 Å². The van der Waals surface area contributed by atoms with Gasteiger partial charge in [-0.3, -0.25) is 14.5 Å². The minimum Gasteiger partial charge on any atom is -0.383 e. The van der Waals surface area contributed by atoms with Crippen LogP contribution in [0.4, 0.5) is 5.82 Å². The van der Waals surface area contributed by atoms with Gasteiger partial charge in [0.25, 0.3) is 5.91 Å². The Morgan fingerprint density at radius 1 is 1.06 bits per heavy atom. The van der Waals surface area contributed by atoms with Gasteiger partial charge in [-0.1, -0.05) is 17.9 Å². The molecule has 0 spiro atoms. The van der Waals surface area contributed by atoms with E-state index >= 15 is 0 Å². The molecule has 0 aliphatic rings. The zero-order chi connectivity index (χ0) is 22.5. The molecule has 0 atom stereocenters. The predicted octanol–water partition coefficient (Wildman–Crippen LogP) is 3.10. The van der Waals surface area contributed by atoms with Crippen LogP contribution in [-0.2, 0) is 13.6 Å². The molecule has 0 aliphatic carbocycles. The highest BCUT2D eigenvalue weighted by molar-refractivity contribution is 5.94. The molecular weight excluding hydrogens is 400 g/mol. The fourth-order valence-corrected chi connectivity index (χ4v) is 3.12. The number of benzene rings is 1. The minimum atomic E-state index is -0.162. The normalized spacial score (nSPS) is 10.3. The van der Waals surface area contributed by atoms with Gasteiger partial charge in [0.1, 0.15) is 5.82 Å². The summed E-state index contributed by atoms with van der Waals surface area (Å²) in [7, 11) is 1.86. The summed E-state index contributed by atoms with van der Waals surface area (Å²) in [5, 5.41) is 7.11. The molecule has 1 amide bonds. The van der Waals surface area contributed by atoms with Gasteiger partial charge in [0.05, 0.1) is 11.8 Å². The van der Waals surface area contributed by atoms with E-state index in [1.165, 1.54) is 0 Å². The number of carbonyl (C=O) groups is 1.